The summed E-state index contributed by atoms with van der Waals surface area (Å²) in [4.78, 5) is 16.8. The molecular weight excluding hydrogens is 264 g/mol. The highest BCUT2D eigenvalue weighted by Crippen LogP contribution is 2.12. The third-order valence-corrected chi connectivity index (χ3v) is 4.04. The van der Waals surface area contributed by atoms with Crippen LogP contribution in [-0.4, -0.2) is 55.0 Å². The molecule has 1 amide bonds. The van der Waals surface area contributed by atoms with Crippen LogP contribution >= 0.6 is 0 Å². The highest BCUT2D eigenvalue weighted by Gasteiger charge is 2.21. The number of hydrogen-bond donors (Lipinski definition) is 2. The minimum atomic E-state index is 0.0651. The lowest BCUT2D eigenvalue weighted by Gasteiger charge is -2.38. The number of rotatable bonds is 5. The van der Waals surface area contributed by atoms with Crippen LogP contribution in [0.15, 0.2) is 24.3 Å². The summed E-state index contributed by atoms with van der Waals surface area (Å²) in [5, 5.41) is 2.95. The fraction of sp³-hybridized carbons (Fsp3) is 0.562. The third kappa shape index (κ3) is 4.81. The van der Waals surface area contributed by atoms with Crippen molar-refractivity contribution in [3.05, 3.63) is 29.8 Å². The number of amides is 1. The molecule has 0 aromatic heterocycles. The summed E-state index contributed by atoms with van der Waals surface area (Å²) in [6.45, 7) is 6.70. The summed E-state index contributed by atoms with van der Waals surface area (Å²) in [7, 11) is 2.14. The second-order valence-corrected chi connectivity index (χ2v) is 5.85. The maximum absolute atomic E-state index is 12.0. The van der Waals surface area contributed by atoms with Crippen LogP contribution in [0.1, 0.15) is 18.9 Å². The minimum Gasteiger partial charge on any atom is -0.326 e. The molecule has 0 radical (unpaired) electrons. The Morgan fingerprint density at radius 3 is 2.95 bits per heavy atom. The molecule has 1 aliphatic heterocycles. The molecule has 0 bridgehead atoms. The predicted molar refractivity (Wildman–Crippen MR) is 86.1 cm³/mol. The van der Waals surface area contributed by atoms with E-state index in [1.54, 1.807) is 0 Å². The van der Waals surface area contributed by atoms with Gasteiger partial charge in [0.05, 0.1) is 0 Å². The first-order chi connectivity index (χ1) is 10.1. The van der Waals surface area contributed by atoms with Crippen LogP contribution in [-0.2, 0) is 11.3 Å². The van der Waals surface area contributed by atoms with Crippen molar-refractivity contribution < 1.29 is 4.79 Å². The van der Waals surface area contributed by atoms with Crippen LogP contribution in [0.2, 0.25) is 0 Å². The largest absolute Gasteiger partial charge is 0.326 e. The van der Waals surface area contributed by atoms with Gasteiger partial charge in [0.15, 0.2) is 0 Å². The van der Waals surface area contributed by atoms with Gasteiger partial charge in [-0.15, -0.1) is 0 Å². The molecule has 0 aliphatic carbocycles. The van der Waals surface area contributed by atoms with Crippen molar-refractivity contribution in [3.8, 4) is 0 Å². The Balaban J connectivity index is 1.79. The highest BCUT2D eigenvalue weighted by atomic mass is 16.1. The number of nitrogens with one attached hydrogen (secondary N) is 1. The molecule has 116 valence electrons. The van der Waals surface area contributed by atoms with Crippen LogP contribution in [0, 0.1) is 0 Å². The van der Waals surface area contributed by atoms with E-state index in [-0.39, 0.29) is 5.91 Å². The van der Waals surface area contributed by atoms with Gasteiger partial charge in [0.2, 0.25) is 5.91 Å². The van der Waals surface area contributed by atoms with Gasteiger partial charge in [-0.2, -0.15) is 0 Å². The smallest absolute Gasteiger partial charge is 0.225 e. The molecule has 1 fully saturated rings. The fourth-order valence-electron chi connectivity index (χ4n) is 2.75. The molecule has 5 nitrogen and oxygen atoms in total. The highest BCUT2D eigenvalue weighted by molar-refractivity contribution is 5.90. The third-order valence-electron chi connectivity index (χ3n) is 4.04. The summed E-state index contributed by atoms with van der Waals surface area (Å²) >= 11 is 0. The number of benzene rings is 1. The number of likely N-dealkylation sites (N-methyl/N-ethyl adjacent to an activating group) is 1. The number of carbonyl (C=O) groups excluding carboxylic acids is 1. The van der Waals surface area contributed by atoms with E-state index in [4.69, 9.17) is 5.73 Å². The summed E-state index contributed by atoms with van der Waals surface area (Å²) in [6, 6.07) is 8.21. The summed E-state index contributed by atoms with van der Waals surface area (Å²) in [5.74, 6) is 0.0651. The van der Waals surface area contributed by atoms with Gasteiger partial charge in [0.1, 0.15) is 0 Å². The standard InChI is InChI=1S/C16H26N4O/c1-13-12-19(2)8-9-20(13)7-6-16(21)18-15-5-3-4-14(10-15)11-17/h3-5,10,13H,6-9,11-12,17H2,1-2H3,(H,18,21). The molecule has 3 N–H and O–H groups in total. The van der Waals surface area contributed by atoms with Crippen molar-refractivity contribution in [1.82, 2.24) is 9.80 Å². The fourth-order valence-corrected chi connectivity index (χ4v) is 2.75. The van der Waals surface area contributed by atoms with E-state index in [2.05, 4.69) is 29.1 Å². The van der Waals surface area contributed by atoms with Gasteiger partial charge in [-0.3, -0.25) is 9.69 Å². The zero-order valence-electron chi connectivity index (χ0n) is 13.0. The first-order valence-electron chi connectivity index (χ1n) is 7.60. The van der Waals surface area contributed by atoms with Gasteiger partial charge < -0.3 is 16.0 Å². The Bertz CT molecular complexity index is 477. The van der Waals surface area contributed by atoms with Crippen molar-refractivity contribution in [2.45, 2.75) is 25.9 Å². The second-order valence-electron chi connectivity index (χ2n) is 5.85. The second kappa shape index (κ2) is 7.54. The molecule has 1 aliphatic rings. The van der Waals surface area contributed by atoms with Crippen LogP contribution < -0.4 is 11.1 Å². The minimum absolute atomic E-state index is 0.0651. The first kappa shape index (κ1) is 15.9. The van der Waals surface area contributed by atoms with E-state index in [1.807, 2.05) is 24.3 Å². The lowest BCUT2D eigenvalue weighted by molar-refractivity contribution is -0.116. The molecule has 1 atom stereocenters. The zero-order chi connectivity index (χ0) is 15.2. The SMILES string of the molecule is CC1CN(C)CCN1CCC(=O)Nc1cccc(CN)c1. The lowest BCUT2D eigenvalue weighted by atomic mass is 10.2. The molecule has 21 heavy (non-hydrogen) atoms. The monoisotopic (exact) mass is 290 g/mol. The molecular formula is C16H26N4O. The van der Waals surface area contributed by atoms with E-state index in [0.717, 1.165) is 37.4 Å². The van der Waals surface area contributed by atoms with E-state index in [0.29, 0.717) is 19.0 Å². The van der Waals surface area contributed by atoms with E-state index in [1.165, 1.54) is 0 Å². The average molecular weight is 290 g/mol. The molecule has 1 heterocycles. The molecule has 0 spiro atoms. The summed E-state index contributed by atoms with van der Waals surface area (Å²) in [6.07, 6.45) is 0.529. The Morgan fingerprint density at radius 2 is 2.24 bits per heavy atom. The van der Waals surface area contributed by atoms with Crippen LogP contribution in [0.4, 0.5) is 5.69 Å². The zero-order valence-corrected chi connectivity index (χ0v) is 13.0. The van der Waals surface area contributed by atoms with Crippen molar-refractivity contribution >= 4 is 11.6 Å². The van der Waals surface area contributed by atoms with Crippen LogP contribution in [0.25, 0.3) is 0 Å². The Labute approximate surface area is 127 Å². The number of nitrogens with two attached hydrogens (primary N) is 1. The molecule has 0 saturated carbocycles. The Hall–Kier alpha value is -1.43. The lowest BCUT2D eigenvalue weighted by Crippen LogP contribution is -2.50. The molecule has 1 unspecified atom stereocenters. The first-order valence-corrected chi connectivity index (χ1v) is 7.60. The van der Waals surface area contributed by atoms with Crippen molar-refractivity contribution in [2.24, 2.45) is 5.73 Å². The van der Waals surface area contributed by atoms with Crippen molar-refractivity contribution in [1.29, 1.82) is 0 Å². The molecule has 5 heteroatoms. The van der Waals surface area contributed by atoms with Gasteiger partial charge in [-0.05, 0) is 31.7 Å². The molecule has 1 saturated heterocycles. The van der Waals surface area contributed by atoms with Crippen LogP contribution in [0.5, 0.6) is 0 Å². The number of piperazine rings is 1. The Morgan fingerprint density at radius 1 is 1.43 bits per heavy atom. The van der Waals surface area contributed by atoms with Crippen molar-refractivity contribution in [2.75, 3.05) is 38.5 Å². The number of hydrogen-bond acceptors (Lipinski definition) is 4. The van der Waals surface area contributed by atoms with E-state index < -0.39 is 0 Å². The summed E-state index contributed by atoms with van der Waals surface area (Å²) in [5.41, 5.74) is 7.47. The average Bonchev–Trinajstić information content (AvgIpc) is 2.46. The molecule has 1 aromatic rings. The summed E-state index contributed by atoms with van der Waals surface area (Å²) < 4.78 is 0. The molecule has 2 rings (SSSR count). The van der Waals surface area contributed by atoms with E-state index in [9.17, 15) is 4.79 Å². The van der Waals surface area contributed by atoms with E-state index >= 15 is 0 Å². The van der Waals surface area contributed by atoms with Gasteiger partial charge in [-0.1, -0.05) is 12.1 Å². The maximum Gasteiger partial charge on any atom is 0.225 e. The quantitative estimate of drug-likeness (QED) is 0.853. The number of nitrogens with zero attached hydrogens (tertiary/aromatic N) is 2. The van der Waals surface area contributed by atoms with Gasteiger partial charge in [0, 0.05) is 50.9 Å². The normalized spacial score (nSPS) is 20.4. The number of carbonyl (C=O) groups is 1. The maximum atomic E-state index is 12.0. The predicted octanol–water partition coefficient (Wildman–Crippen LogP) is 1.11. The van der Waals surface area contributed by atoms with Crippen molar-refractivity contribution in [3.63, 3.8) is 0 Å². The van der Waals surface area contributed by atoms with Crippen LogP contribution in [0.3, 0.4) is 0 Å². The van der Waals surface area contributed by atoms with Gasteiger partial charge in [0.25, 0.3) is 0 Å². The molecule has 1 aromatic carbocycles. The Kier molecular flexibility index (Phi) is 5.73. The van der Waals surface area contributed by atoms with Gasteiger partial charge >= 0.3 is 0 Å². The van der Waals surface area contributed by atoms with Gasteiger partial charge in [-0.25, -0.2) is 0 Å². The number of anilines is 1. The topological polar surface area (TPSA) is 61.6 Å².